The molecular formula is C28H28F3N5O3. The number of likely N-dealkylation sites (tertiary alicyclic amines) is 1. The number of fused-ring (bicyclic) bond motifs is 1. The summed E-state index contributed by atoms with van der Waals surface area (Å²) < 4.78 is 44.0. The van der Waals surface area contributed by atoms with Crippen LogP contribution in [0.4, 0.5) is 13.2 Å². The summed E-state index contributed by atoms with van der Waals surface area (Å²) in [5.74, 6) is -2.52. The van der Waals surface area contributed by atoms with Crippen molar-refractivity contribution in [3.63, 3.8) is 0 Å². The van der Waals surface area contributed by atoms with Crippen LogP contribution in [0.1, 0.15) is 30.7 Å². The second-order valence-corrected chi connectivity index (χ2v) is 10.0. The van der Waals surface area contributed by atoms with Crippen LogP contribution in [0.15, 0.2) is 71.8 Å². The molecule has 0 spiro atoms. The van der Waals surface area contributed by atoms with Gasteiger partial charge in [0.05, 0.1) is 30.1 Å². The van der Waals surface area contributed by atoms with Gasteiger partial charge < -0.3 is 10.0 Å². The topological polar surface area (TPSA) is 93.2 Å². The molecule has 1 atom stereocenters. The van der Waals surface area contributed by atoms with Gasteiger partial charge in [-0.2, -0.15) is 18.3 Å². The largest absolute Gasteiger partial charge is 0.396 e. The molecule has 204 valence electrons. The minimum atomic E-state index is -4.56. The summed E-state index contributed by atoms with van der Waals surface area (Å²) in [4.78, 5) is 31.9. The van der Waals surface area contributed by atoms with Crippen molar-refractivity contribution < 1.29 is 23.1 Å². The molecule has 0 bridgehead atoms. The maximum atomic E-state index is 13.7. The highest BCUT2D eigenvalue weighted by Crippen LogP contribution is 2.38. The van der Waals surface area contributed by atoms with E-state index in [1.54, 1.807) is 17.8 Å². The third kappa shape index (κ3) is 5.44. The molecule has 1 amide bonds. The Morgan fingerprint density at radius 2 is 1.64 bits per heavy atom. The van der Waals surface area contributed by atoms with Gasteiger partial charge in [0, 0.05) is 32.1 Å². The number of hydrogen-bond acceptors (Lipinski definition) is 5. The third-order valence-electron chi connectivity index (χ3n) is 7.35. The zero-order chi connectivity index (χ0) is 27.8. The summed E-state index contributed by atoms with van der Waals surface area (Å²) in [5, 5.41) is 15.6. The van der Waals surface area contributed by atoms with E-state index in [1.807, 2.05) is 30.3 Å². The van der Waals surface area contributed by atoms with Crippen LogP contribution in [0.3, 0.4) is 0 Å². The predicted molar refractivity (Wildman–Crippen MR) is 139 cm³/mol. The van der Waals surface area contributed by atoms with Gasteiger partial charge in [0.15, 0.2) is 5.52 Å². The molecule has 3 heterocycles. The zero-order valence-electron chi connectivity index (χ0n) is 21.3. The molecule has 0 radical (unpaired) electrons. The fraction of sp³-hybridized carbons (Fsp3) is 0.357. The van der Waals surface area contributed by atoms with Crippen LogP contribution < -0.4 is 5.56 Å². The number of hydrogen-bond donors (Lipinski definition) is 1. The molecule has 1 aliphatic rings. The number of benzene rings is 2. The lowest BCUT2D eigenvalue weighted by molar-refractivity contribution is -0.162. The van der Waals surface area contributed by atoms with Crippen molar-refractivity contribution in [1.29, 1.82) is 0 Å². The number of piperidine rings is 1. The van der Waals surface area contributed by atoms with Crippen molar-refractivity contribution in [1.82, 2.24) is 24.2 Å². The van der Waals surface area contributed by atoms with Crippen LogP contribution in [-0.4, -0.2) is 60.1 Å². The SMILES string of the molecule is Cn1nc2c(=O)n(CC3(O)CCN(C(=O)C[C@H](c4ccccc4)C(F)(F)F)CC3)cnc2c1-c1ccccc1. The summed E-state index contributed by atoms with van der Waals surface area (Å²) in [6.07, 6.45) is -3.66. The quantitative estimate of drug-likeness (QED) is 0.402. The van der Waals surface area contributed by atoms with Gasteiger partial charge in [-0.15, -0.1) is 0 Å². The number of aryl methyl sites for hydroxylation is 1. The lowest BCUT2D eigenvalue weighted by atomic mass is 9.90. The van der Waals surface area contributed by atoms with Gasteiger partial charge in [-0.05, 0) is 18.4 Å². The van der Waals surface area contributed by atoms with E-state index in [9.17, 15) is 27.9 Å². The fourth-order valence-corrected chi connectivity index (χ4v) is 5.19. The molecule has 11 heteroatoms. The second-order valence-electron chi connectivity index (χ2n) is 10.0. The number of carbonyl (C=O) groups excluding carboxylic acids is 1. The fourth-order valence-electron chi connectivity index (χ4n) is 5.19. The first-order valence-electron chi connectivity index (χ1n) is 12.7. The van der Waals surface area contributed by atoms with Crippen molar-refractivity contribution >= 4 is 16.9 Å². The molecular weight excluding hydrogens is 511 g/mol. The normalized spacial score (nSPS) is 16.4. The smallest absolute Gasteiger partial charge is 0.388 e. The number of halogens is 3. The van der Waals surface area contributed by atoms with Gasteiger partial charge in [-0.3, -0.25) is 18.8 Å². The van der Waals surface area contributed by atoms with Gasteiger partial charge in [0.25, 0.3) is 5.56 Å². The van der Waals surface area contributed by atoms with Crippen molar-refractivity contribution in [2.24, 2.45) is 7.05 Å². The Kier molecular flexibility index (Phi) is 7.02. The summed E-state index contributed by atoms with van der Waals surface area (Å²) in [5.41, 5.74) is 0.510. The van der Waals surface area contributed by atoms with E-state index in [0.29, 0.717) is 11.2 Å². The predicted octanol–water partition coefficient (Wildman–Crippen LogP) is 3.89. The van der Waals surface area contributed by atoms with Gasteiger partial charge in [-0.25, -0.2) is 4.98 Å². The lowest BCUT2D eigenvalue weighted by Gasteiger charge is -2.39. The molecule has 0 saturated carbocycles. The number of alkyl halides is 3. The minimum absolute atomic E-state index is 0.0408. The molecule has 5 rings (SSSR count). The summed E-state index contributed by atoms with van der Waals surface area (Å²) in [7, 11) is 1.73. The number of aromatic nitrogens is 4. The molecule has 0 aliphatic carbocycles. The van der Waals surface area contributed by atoms with Crippen LogP contribution in [-0.2, 0) is 18.4 Å². The Morgan fingerprint density at radius 1 is 1.03 bits per heavy atom. The van der Waals surface area contributed by atoms with E-state index in [1.165, 1.54) is 40.1 Å². The summed E-state index contributed by atoms with van der Waals surface area (Å²) >= 11 is 0. The van der Waals surface area contributed by atoms with Crippen LogP contribution in [0.2, 0.25) is 0 Å². The molecule has 1 saturated heterocycles. The van der Waals surface area contributed by atoms with Crippen LogP contribution in [0.25, 0.3) is 22.3 Å². The molecule has 1 N–H and O–H groups in total. The highest BCUT2D eigenvalue weighted by Gasteiger charge is 2.43. The molecule has 2 aromatic heterocycles. The van der Waals surface area contributed by atoms with E-state index in [4.69, 9.17) is 0 Å². The first-order chi connectivity index (χ1) is 18.6. The third-order valence-corrected chi connectivity index (χ3v) is 7.35. The molecule has 0 unspecified atom stereocenters. The van der Waals surface area contributed by atoms with Gasteiger partial charge in [0.2, 0.25) is 5.91 Å². The highest BCUT2D eigenvalue weighted by atomic mass is 19.4. The van der Waals surface area contributed by atoms with Crippen LogP contribution in [0, 0.1) is 0 Å². The standard InChI is InChI=1S/C28H28F3N5O3/c1-34-25(20-10-6-3-7-11-20)23-24(33-34)26(38)36(18-32-23)17-27(39)12-14-35(15-13-27)22(37)16-21(28(29,30)31)19-8-4-2-5-9-19/h2-11,18,21,39H,12-17H2,1H3/t21-/m1/s1. The van der Waals surface area contributed by atoms with Crippen molar-refractivity contribution in [3.8, 4) is 11.3 Å². The molecule has 39 heavy (non-hydrogen) atoms. The van der Waals surface area contributed by atoms with E-state index in [-0.39, 0.29) is 43.6 Å². The first-order valence-corrected chi connectivity index (χ1v) is 12.7. The van der Waals surface area contributed by atoms with Crippen molar-refractivity contribution in [2.75, 3.05) is 13.1 Å². The number of nitrogens with zero attached hydrogens (tertiary/aromatic N) is 5. The second kappa shape index (κ2) is 10.3. The van der Waals surface area contributed by atoms with E-state index >= 15 is 0 Å². The minimum Gasteiger partial charge on any atom is -0.388 e. The maximum Gasteiger partial charge on any atom is 0.396 e. The monoisotopic (exact) mass is 539 g/mol. The number of aliphatic hydroxyl groups is 1. The maximum absolute atomic E-state index is 13.7. The average molecular weight is 540 g/mol. The lowest BCUT2D eigenvalue weighted by Crippen LogP contribution is -2.50. The average Bonchev–Trinajstić information content (AvgIpc) is 3.26. The van der Waals surface area contributed by atoms with Crippen molar-refractivity contribution in [2.45, 2.75) is 43.5 Å². The molecule has 1 aliphatic heterocycles. The van der Waals surface area contributed by atoms with Crippen molar-refractivity contribution in [3.05, 3.63) is 82.9 Å². The zero-order valence-corrected chi connectivity index (χ0v) is 21.3. The Balaban J connectivity index is 1.28. The van der Waals surface area contributed by atoms with E-state index in [2.05, 4.69) is 10.1 Å². The van der Waals surface area contributed by atoms with Crippen LogP contribution >= 0.6 is 0 Å². The van der Waals surface area contributed by atoms with Gasteiger partial charge in [-0.1, -0.05) is 60.7 Å². The molecule has 2 aromatic carbocycles. The molecule has 4 aromatic rings. The Labute approximate surface area is 222 Å². The number of amides is 1. The Hall–Kier alpha value is -3.99. The Bertz CT molecular complexity index is 1530. The summed E-state index contributed by atoms with van der Waals surface area (Å²) in [6.45, 7) is 0.102. The number of carbonyl (C=O) groups is 1. The van der Waals surface area contributed by atoms with Crippen LogP contribution in [0.5, 0.6) is 0 Å². The first kappa shape index (κ1) is 26.6. The van der Waals surface area contributed by atoms with Gasteiger partial charge >= 0.3 is 6.18 Å². The van der Waals surface area contributed by atoms with E-state index < -0.39 is 35.6 Å². The van der Waals surface area contributed by atoms with E-state index in [0.717, 1.165) is 5.56 Å². The highest BCUT2D eigenvalue weighted by molar-refractivity contribution is 5.89. The summed E-state index contributed by atoms with van der Waals surface area (Å²) in [6, 6.07) is 16.8. The molecule has 1 fully saturated rings. The Morgan fingerprint density at radius 3 is 2.26 bits per heavy atom. The van der Waals surface area contributed by atoms with Gasteiger partial charge in [0.1, 0.15) is 5.52 Å². The molecule has 8 nitrogen and oxygen atoms in total. The number of rotatable bonds is 6.